The van der Waals surface area contributed by atoms with Crippen molar-refractivity contribution >= 4 is 5.91 Å². The lowest BCUT2D eigenvalue weighted by Crippen LogP contribution is -2.37. The molecule has 2 aromatic rings. The van der Waals surface area contributed by atoms with Gasteiger partial charge >= 0.3 is 0 Å². The van der Waals surface area contributed by atoms with Crippen LogP contribution in [0.3, 0.4) is 0 Å². The highest BCUT2D eigenvalue weighted by Crippen LogP contribution is 2.30. The van der Waals surface area contributed by atoms with Crippen LogP contribution in [0.1, 0.15) is 42.0 Å². The summed E-state index contributed by atoms with van der Waals surface area (Å²) in [5.41, 5.74) is 5.05. The Kier molecular flexibility index (Phi) is 7.03. The van der Waals surface area contributed by atoms with Crippen molar-refractivity contribution < 1.29 is 14.3 Å². The average molecular weight is 409 g/mol. The fourth-order valence-corrected chi connectivity index (χ4v) is 4.31. The maximum absolute atomic E-state index is 12.7. The van der Waals surface area contributed by atoms with Gasteiger partial charge in [-0.2, -0.15) is 0 Å². The van der Waals surface area contributed by atoms with Crippen molar-refractivity contribution in [1.82, 2.24) is 10.2 Å². The predicted molar refractivity (Wildman–Crippen MR) is 118 cm³/mol. The van der Waals surface area contributed by atoms with E-state index in [4.69, 9.17) is 9.47 Å². The van der Waals surface area contributed by atoms with Crippen molar-refractivity contribution in [2.75, 3.05) is 26.3 Å². The number of aryl methyl sites for hydroxylation is 1. The van der Waals surface area contributed by atoms with E-state index in [0.717, 1.165) is 57.0 Å². The van der Waals surface area contributed by atoms with E-state index >= 15 is 0 Å². The van der Waals surface area contributed by atoms with Gasteiger partial charge in [-0.05, 0) is 60.9 Å². The number of carbonyl (C=O) groups excluding carboxylic acids is 1. The third-order valence-electron chi connectivity index (χ3n) is 6.10. The van der Waals surface area contributed by atoms with Crippen molar-refractivity contribution in [3.8, 4) is 5.75 Å². The molecule has 1 fully saturated rings. The quantitative estimate of drug-likeness (QED) is 0.762. The predicted octanol–water partition coefficient (Wildman–Crippen LogP) is 3.48. The standard InChI is InChI=1S/C25H32N2O3/c1-19(30-24-12-6-10-20-7-4-5-11-23(20)24)25(28)26-17-21-8-2-3-9-22(21)18-27-13-15-29-16-14-27/h2-3,6,8-10,12,19H,4-5,7,11,13-18H2,1H3,(H,26,28). The minimum Gasteiger partial charge on any atom is -0.481 e. The zero-order chi connectivity index (χ0) is 20.8. The summed E-state index contributed by atoms with van der Waals surface area (Å²) in [6.45, 7) is 6.71. The molecule has 0 aromatic heterocycles. The molecule has 0 radical (unpaired) electrons. The van der Waals surface area contributed by atoms with E-state index in [9.17, 15) is 4.79 Å². The van der Waals surface area contributed by atoms with Crippen LogP contribution in [0.4, 0.5) is 0 Å². The Balaban J connectivity index is 1.35. The molecule has 160 valence electrons. The Bertz CT molecular complexity index is 861. The van der Waals surface area contributed by atoms with E-state index in [0.29, 0.717) is 6.54 Å². The van der Waals surface area contributed by atoms with Crippen LogP contribution in [0, 0.1) is 0 Å². The summed E-state index contributed by atoms with van der Waals surface area (Å²) in [6, 6.07) is 14.5. The van der Waals surface area contributed by atoms with Gasteiger partial charge in [0.2, 0.25) is 0 Å². The molecule has 1 N–H and O–H groups in total. The van der Waals surface area contributed by atoms with Gasteiger partial charge in [0.25, 0.3) is 5.91 Å². The molecular formula is C25H32N2O3. The number of benzene rings is 2. The Morgan fingerprint density at radius 2 is 1.83 bits per heavy atom. The third-order valence-corrected chi connectivity index (χ3v) is 6.10. The van der Waals surface area contributed by atoms with Crippen molar-refractivity contribution in [3.05, 3.63) is 64.7 Å². The number of amides is 1. The average Bonchev–Trinajstić information content (AvgIpc) is 2.79. The Hall–Kier alpha value is -2.37. The fourth-order valence-electron chi connectivity index (χ4n) is 4.31. The molecule has 1 unspecified atom stereocenters. The summed E-state index contributed by atoms with van der Waals surface area (Å²) in [5.74, 6) is 0.784. The number of nitrogens with one attached hydrogen (secondary N) is 1. The number of nitrogens with zero attached hydrogens (tertiary/aromatic N) is 1. The van der Waals surface area contributed by atoms with Gasteiger partial charge in [0, 0.05) is 26.2 Å². The molecule has 1 amide bonds. The number of ether oxygens (including phenoxy) is 2. The van der Waals surface area contributed by atoms with Crippen LogP contribution in [0.15, 0.2) is 42.5 Å². The molecule has 1 saturated heterocycles. The van der Waals surface area contributed by atoms with Crippen LogP contribution < -0.4 is 10.1 Å². The molecule has 5 heteroatoms. The van der Waals surface area contributed by atoms with Gasteiger partial charge in [0.1, 0.15) is 5.75 Å². The van der Waals surface area contributed by atoms with Gasteiger partial charge in [-0.15, -0.1) is 0 Å². The lowest BCUT2D eigenvalue weighted by molar-refractivity contribution is -0.127. The summed E-state index contributed by atoms with van der Waals surface area (Å²) >= 11 is 0. The van der Waals surface area contributed by atoms with Gasteiger partial charge in [0.15, 0.2) is 6.10 Å². The minimum absolute atomic E-state index is 0.0791. The highest BCUT2D eigenvalue weighted by molar-refractivity contribution is 5.80. The van der Waals surface area contributed by atoms with Crippen LogP contribution in [0.2, 0.25) is 0 Å². The molecular weight excluding hydrogens is 376 g/mol. The molecule has 30 heavy (non-hydrogen) atoms. The monoisotopic (exact) mass is 408 g/mol. The van der Waals surface area contributed by atoms with Gasteiger partial charge in [-0.25, -0.2) is 0 Å². The fraction of sp³-hybridized carbons (Fsp3) is 0.480. The van der Waals surface area contributed by atoms with E-state index in [2.05, 4.69) is 34.5 Å². The molecule has 1 heterocycles. The molecule has 1 atom stereocenters. The van der Waals surface area contributed by atoms with Crippen molar-refractivity contribution in [2.24, 2.45) is 0 Å². The maximum Gasteiger partial charge on any atom is 0.261 e. The number of fused-ring (bicyclic) bond motifs is 1. The van der Waals surface area contributed by atoms with Crippen LogP contribution in [-0.4, -0.2) is 43.2 Å². The number of carbonyl (C=O) groups is 1. The summed E-state index contributed by atoms with van der Waals surface area (Å²) in [6.07, 6.45) is 4.04. The first kappa shape index (κ1) is 20.9. The zero-order valence-corrected chi connectivity index (χ0v) is 17.9. The van der Waals surface area contributed by atoms with Gasteiger partial charge in [-0.3, -0.25) is 9.69 Å². The SMILES string of the molecule is CC(Oc1cccc2c1CCCC2)C(=O)NCc1ccccc1CN1CCOCC1. The maximum atomic E-state index is 12.7. The lowest BCUT2D eigenvalue weighted by atomic mass is 9.91. The molecule has 2 aliphatic rings. The van der Waals surface area contributed by atoms with Gasteiger partial charge in [0.05, 0.1) is 13.2 Å². The Morgan fingerprint density at radius 1 is 1.07 bits per heavy atom. The van der Waals surface area contributed by atoms with Crippen molar-refractivity contribution in [2.45, 2.75) is 51.8 Å². The summed E-state index contributed by atoms with van der Waals surface area (Å²) < 4.78 is 11.5. The van der Waals surface area contributed by atoms with E-state index in [1.165, 1.54) is 29.5 Å². The minimum atomic E-state index is -0.523. The molecule has 0 bridgehead atoms. The van der Waals surface area contributed by atoms with Gasteiger partial charge in [-0.1, -0.05) is 36.4 Å². The number of morpholine rings is 1. The Labute approximate surface area is 179 Å². The molecule has 1 aliphatic carbocycles. The summed E-state index contributed by atoms with van der Waals surface area (Å²) in [7, 11) is 0. The Morgan fingerprint density at radius 3 is 2.67 bits per heavy atom. The van der Waals surface area contributed by atoms with E-state index in [-0.39, 0.29) is 5.91 Å². The number of hydrogen-bond donors (Lipinski definition) is 1. The number of hydrogen-bond acceptors (Lipinski definition) is 4. The van der Waals surface area contributed by atoms with Crippen molar-refractivity contribution in [3.63, 3.8) is 0 Å². The summed E-state index contributed by atoms with van der Waals surface area (Å²) in [4.78, 5) is 15.1. The van der Waals surface area contributed by atoms with E-state index in [1.54, 1.807) is 0 Å². The molecule has 4 rings (SSSR count). The molecule has 5 nitrogen and oxygen atoms in total. The highest BCUT2D eigenvalue weighted by Gasteiger charge is 2.20. The van der Waals surface area contributed by atoms with Crippen LogP contribution >= 0.6 is 0 Å². The second-order valence-corrected chi connectivity index (χ2v) is 8.24. The molecule has 2 aromatic carbocycles. The van der Waals surface area contributed by atoms with Crippen LogP contribution in [-0.2, 0) is 35.5 Å². The topological polar surface area (TPSA) is 50.8 Å². The number of rotatable bonds is 7. The summed E-state index contributed by atoms with van der Waals surface area (Å²) in [5, 5.41) is 3.07. The van der Waals surface area contributed by atoms with E-state index < -0.39 is 6.10 Å². The van der Waals surface area contributed by atoms with E-state index in [1.807, 2.05) is 25.1 Å². The smallest absolute Gasteiger partial charge is 0.261 e. The molecule has 0 spiro atoms. The first-order chi connectivity index (χ1) is 14.7. The van der Waals surface area contributed by atoms with Gasteiger partial charge < -0.3 is 14.8 Å². The van der Waals surface area contributed by atoms with Crippen LogP contribution in [0.25, 0.3) is 0 Å². The lowest BCUT2D eigenvalue weighted by Gasteiger charge is -2.27. The largest absolute Gasteiger partial charge is 0.481 e. The first-order valence-corrected chi connectivity index (χ1v) is 11.1. The molecule has 0 saturated carbocycles. The third kappa shape index (κ3) is 5.21. The van der Waals surface area contributed by atoms with Crippen molar-refractivity contribution in [1.29, 1.82) is 0 Å². The second kappa shape index (κ2) is 10.1. The zero-order valence-electron chi connectivity index (χ0n) is 17.9. The highest BCUT2D eigenvalue weighted by atomic mass is 16.5. The molecule has 1 aliphatic heterocycles. The normalized spacial score (nSPS) is 17.8. The van der Waals surface area contributed by atoms with Crippen LogP contribution in [0.5, 0.6) is 5.75 Å². The first-order valence-electron chi connectivity index (χ1n) is 11.1. The second-order valence-electron chi connectivity index (χ2n) is 8.24.